The highest BCUT2D eigenvalue weighted by Gasteiger charge is 2.17. The molecule has 10 aromatic rings. The van der Waals surface area contributed by atoms with Gasteiger partial charge in [-0.05, 0) is 92.0 Å². The standard InChI is InChI=1S/C44H25N5/c45-24-27-11-18-38(47-25-27)40-23-32(31-7-4-8-33(21-31)49-41-10-2-1-9-35(41)37-26-46-20-19-42(37)49)22-39(48-40)34-16-14-30-13-12-28-5-3-6-29-15-17-36(34)44(30)43(28)29/h1-23,25-26H. The average Bonchev–Trinajstić information content (AvgIpc) is 3.51. The molecule has 4 aromatic heterocycles. The molecule has 0 aliphatic heterocycles. The van der Waals surface area contributed by atoms with Crippen LogP contribution in [0.1, 0.15) is 5.56 Å². The van der Waals surface area contributed by atoms with Crippen LogP contribution < -0.4 is 0 Å². The van der Waals surface area contributed by atoms with Crippen molar-refractivity contribution in [2.24, 2.45) is 0 Å². The number of nitrogens with zero attached hydrogens (tertiary/aromatic N) is 5. The highest BCUT2D eigenvalue weighted by Crippen LogP contribution is 2.40. The van der Waals surface area contributed by atoms with Gasteiger partial charge < -0.3 is 4.57 Å². The number of benzene rings is 6. The lowest BCUT2D eigenvalue weighted by molar-refractivity contribution is 1.17. The Morgan fingerprint density at radius 2 is 1.31 bits per heavy atom. The van der Waals surface area contributed by atoms with Gasteiger partial charge in [0.25, 0.3) is 0 Å². The Labute approximate surface area is 281 Å². The maximum absolute atomic E-state index is 9.43. The van der Waals surface area contributed by atoms with E-state index in [2.05, 4.69) is 142 Å². The summed E-state index contributed by atoms with van der Waals surface area (Å²) >= 11 is 0. The van der Waals surface area contributed by atoms with E-state index >= 15 is 0 Å². The van der Waals surface area contributed by atoms with Crippen molar-refractivity contribution in [1.82, 2.24) is 19.5 Å². The molecule has 226 valence electrons. The fourth-order valence-electron chi connectivity index (χ4n) is 7.46. The molecule has 0 bridgehead atoms. The molecule has 0 saturated carbocycles. The van der Waals surface area contributed by atoms with E-state index in [0.29, 0.717) is 11.3 Å². The summed E-state index contributed by atoms with van der Waals surface area (Å²) in [6.07, 6.45) is 5.40. The van der Waals surface area contributed by atoms with Crippen molar-refractivity contribution in [3.63, 3.8) is 0 Å². The minimum atomic E-state index is 0.515. The van der Waals surface area contributed by atoms with Crippen molar-refractivity contribution in [1.29, 1.82) is 5.26 Å². The molecular formula is C44H25N5. The number of aromatic nitrogens is 4. The summed E-state index contributed by atoms with van der Waals surface area (Å²) in [5.74, 6) is 0. The second-order valence-electron chi connectivity index (χ2n) is 12.4. The first-order chi connectivity index (χ1) is 24.2. The molecule has 0 aliphatic rings. The van der Waals surface area contributed by atoms with Crippen LogP contribution in [-0.2, 0) is 0 Å². The van der Waals surface area contributed by atoms with E-state index in [0.717, 1.165) is 55.6 Å². The van der Waals surface area contributed by atoms with Crippen LogP contribution >= 0.6 is 0 Å². The Balaban J connectivity index is 1.21. The van der Waals surface area contributed by atoms with Gasteiger partial charge in [0.15, 0.2) is 0 Å². The Morgan fingerprint density at radius 1 is 0.531 bits per heavy atom. The summed E-state index contributed by atoms with van der Waals surface area (Å²) in [6.45, 7) is 0. The number of nitriles is 1. The smallest absolute Gasteiger partial charge is 0.101 e. The lowest BCUT2D eigenvalue weighted by Gasteiger charge is -2.16. The number of hydrogen-bond acceptors (Lipinski definition) is 4. The summed E-state index contributed by atoms with van der Waals surface area (Å²) in [6, 6.07) is 49.1. The molecule has 0 aliphatic carbocycles. The minimum absolute atomic E-state index is 0.515. The summed E-state index contributed by atoms with van der Waals surface area (Å²) in [5.41, 5.74) is 9.30. The van der Waals surface area contributed by atoms with E-state index in [1.807, 2.05) is 18.5 Å². The van der Waals surface area contributed by atoms with Gasteiger partial charge in [-0.1, -0.05) is 84.9 Å². The van der Waals surface area contributed by atoms with Gasteiger partial charge in [-0.15, -0.1) is 0 Å². The molecule has 0 spiro atoms. The fraction of sp³-hybridized carbons (Fsp3) is 0. The van der Waals surface area contributed by atoms with Crippen LogP contribution in [-0.4, -0.2) is 19.5 Å². The number of pyridine rings is 3. The van der Waals surface area contributed by atoms with Crippen LogP contribution in [0.4, 0.5) is 0 Å². The SMILES string of the molecule is N#Cc1ccc(-c2cc(-c3cccc(-n4c5ccccc5c5cnccc54)c3)cc(-c3ccc4ccc5cccc6ccc3c4c56)n2)nc1. The third-order valence-corrected chi connectivity index (χ3v) is 9.70. The maximum Gasteiger partial charge on any atom is 0.101 e. The van der Waals surface area contributed by atoms with Gasteiger partial charge in [0.2, 0.25) is 0 Å². The first kappa shape index (κ1) is 27.2. The third kappa shape index (κ3) is 4.21. The molecule has 0 unspecified atom stereocenters. The molecule has 0 atom stereocenters. The molecular weight excluding hydrogens is 599 g/mol. The van der Waals surface area contributed by atoms with Crippen molar-refractivity contribution in [2.45, 2.75) is 0 Å². The predicted octanol–water partition coefficient (Wildman–Crippen LogP) is 10.7. The highest BCUT2D eigenvalue weighted by atomic mass is 15.0. The molecule has 0 N–H and O–H groups in total. The lowest BCUT2D eigenvalue weighted by Crippen LogP contribution is -1.96. The van der Waals surface area contributed by atoms with E-state index in [-0.39, 0.29) is 0 Å². The summed E-state index contributed by atoms with van der Waals surface area (Å²) in [7, 11) is 0. The zero-order chi connectivity index (χ0) is 32.5. The van der Waals surface area contributed by atoms with Gasteiger partial charge in [0.1, 0.15) is 6.07 Å². The Hall–Kier alpha value is -6.90. The number of rotatable bonds is 4. The van der Waals surface area contributed by atoms with Crippen molar-refractivity contribution in [3.8, 4) is 45.5 Å². The van der Waals surface area contributed by atoms with Gasteiger partial charge in [-0.25, -0.2) is 4.98 Å². The molecule has 0 fully saturated rings. The molecule has 5 nitrogen and oxygen atoms in total. The van der Waals surface area contributed by atoms with Gasteiger partial charge in [-0.3, -0.25) is 9.97 Å². The monoisotopic (exact) mass is 623 g/mol. The molecule has 5 heteroatoms. The van der Waals surface area contributed by atoms with Crippen molar-refractivity contribution < 1.29 is 0 Å². The zero-order valence-corrected chi connectivity index (χ0v) is 26.2. The lowest BCUT2D eigenvalue weighted by atomic mass is 9.90. The third-order valence-electron chi connectivity index (χ3n) is 9.70. The molecule has 6 aromatic carbocycles. The minimum Gasteiger partial charge on any atom is -0.309 e. The van der Waals surface area contributed by atoms with E-state index in [1.54, 1.807) is 12.3 Å². The fourth-order valence-corrected chi connectivity index (χ4v) is 7.46. The largest absolute Gasteiger partial charge is 0.309 e. The van der Waals surface area contributed by atoms with E-state index in [4.69, 9.17) is 4.98 Å². The van der Waals surface area contributed by atoms with Crippen LogP contribution in [0.15, 0.2) is 152 Å². The molecule has 4 heterocycles. The van der Waals surface area contributed by atoms with Crippen LogP contribution in [0.2, 0.25) is 0 Å². The summed E-state index contributed by atoms with van der Waals surface area (Å²) < 4.78 is 2.31. The Bertz CT molecular complexity index is 2880. The van der Waals surface area contributed by atoms with Gasteiger partial charge >= 0.3 is 0 Å². The van der Waals surface area contributed by atoms with E-state index in [9.17, 15) is 5.26 Å². The predicted molar refractivity (Wildman–Crippen MR) is 199 cm³/mol. The van der Waals surface area contributed by atoms with Crippen LogP contribution in [0.25, 0.3) is 93.6 Å². The number of para-hydroxylation sites is 1. The van der Waals surface area contributed by atoms with Crippen molar-refractivity contribution in [3.05, 3.63) is 158 Å². The van der Waals surface area contributed by atoms with Crippen molar-refractivity contribution >= 4 is 54.1 Å². The molecule has 49 heavy (non-hydrogen) atoms. The second kappa shape index (κ2) is 10.6. The van der Waals surface area contributed by atoms with Gasteiger partial charge in [-0.2, -0.15) is 5.26 Å². The van der Waals surface area contributed by atoms with Gasteiger partial charge in [0, 0.05) is 40.6 Å². The molecule has 10 rings (SSSR count). The van der Waals surface area contributed by atoms with Crippen LogP contribution in [0.5, 0.6) is 0 Å². The summed E-state index contributed by atoms with van der Waals surface area (Å²) in [4.78, 5) is 14.3. The average molecular weight is 624 g/mol. The summed E-state index contributed by atoms with van der Waals surface area (Å²) in [5, 5.41) is 19.1. The number of hydrogen-bond donors (Lipinski definition) is 0. The first-order valence-corrected chi connectivity index (χ1v) is 16.2. The second-order valence-corrected chi connectivity index (χ2v) is 12.4. The van der Waals surface area contributed by atoms with E-state index in [1.165, 1.54) is 32.3 Å². The maximum atomic E-state index is 9.43. The topological polar surface area (TPSA) is 67.4 Å². The first-order valence-electron chi connectivity index (χ1n) is 16.2. The Morgan fingerprint density at radius 3 is 2.16 bits per heavy atom. The Kier molecular flexibility index (Phi) is 5.87. The quantitative estimate of drug-likeness (QED) is 0.183. The number of fused-ring (bicyclic) bond motifs is 3. The van der Waals surface area contributed by atoms with Crippen LogP contribution in [0, 0.1) is 11.3 Å². The zero-order valence-electron chi connectivity index (χ0n) is 26.2. The normalized spacial score (nSPS) is 11.7. The molecule has 0 amide bonds. The highest BCUT2D eigenvalue weighted by molar-refractivity contribution is 6.25. The van der Waals surface area contributed by atoms with Crippen molar-refractivity contribution in [2.75, 3.05) is 0 Å². The molecule has 0 saturated heterocycles. The van der Waals surface area contributed by atoms with E-state index < -0.39 is 0 Å². The molecule has 0 radical (unpaired) electrons. The van der Waals surface area contributed by atoms with Crippen LogP contribution in [0.3, 0.4) is 0 Å². The van der Waals surface area contributed by atoms with Gasteiger partial charge in [0.05, 0.1) is 33.7 Å².